The lowest BCUT2D eigenvalue weighted by molar-refractivity contribution is -0.135. The van der Waals surface area contributed by atoms with Gasteiger partial charge < -0.3 is 15.0 Å². The topological polar surface area (TPSA) is 71.5 Å². The lowest BCUT2D eigenvalue weighted by Crippen LogP contribution is -2.45. The zero-order valence-electron chi connectivity index (χ0n) is 21.5. The number of carbonyl (C=O) groups excluding carboxylic acids is 2. The molecule has 4 atom stereocenters. The van der Waals surface area contributed by atoms with Crippen LogP contribution in [0.3, 0.4) is 0 Å². The van der Waals surface area contributed by atoms with Crippen LogP contribution in [0.4, 0.5) is 5.69 Å². The molecule has 1 N–H and O–H groups in total. The Hall–Kier alpha value is -3.51. The molecule has 2 unspecified atom stereocenters. The van der Waals surface area contributed by atoms with E-state index in [0.717, 1.165) is 62.4 Å². The largest absolute Gasteiger partial charge is 0.381 e. The smallest absolute Gasteiger partial charge is 0.226 e. The maximum atomic E-state index is 13.2. The van der Waals surface area contributed by atoms with Gasteiger partial charge in [-0.05, 0) is 77.3 Å². The van der Waals surface area contributed by atoms with Crippen LogP contribution in [0.2, 0.25) is 0 Å². The number of aromatic nitrogens is 1. The molecule has 6 heteroatoms. The normalized spacial score (nSPS) is 26.6. The molecule has 6 nitrogen and oxygen atoms in total. The molecule has 3 aromatic rings. The Balaban J connectivity index is 1.02. The number of rotatable bonds is 5. The monoisotopic (exact) mass is 507 g/mol. The van der Waals surface area contributed by atoms with E-state index in [1.54, 1.807) is 6.20 Å². The highest BCUT2D eigenvalue weighted by Crippen LogP contribution is 2.55. The average molecular weight is 508 g/mol. The summed E-state index contributed by atoms with van der Waals surface area (Å²) in [5.74, 6) is 1.68. The quantitative estimate of drug-likeness (QED) is 0.527. The molecular formula is C32H33N3O3. The Bertz CT molecular complexity index is 1360. The molecule has 2 saturated heterocycles. The van der Waals surface area contributed by atoms with E-state index in [2.05, 4.69) is 39.5 Å². The SMILES string of the molecule is O=C(CC1CC2(CCN(C(=O)C3[C@H]4COC[C@@H]34)CC2)c2ccccc21)Nc1cccc(-c2cccnc2)c1. The van der Waals surface area contributed by atoms with Crippen LogP contribution in [0.15, 0.2) is 73.1 Å². The second-order valence-corrected chi connectivity index (χ2v) is 11.6. The van der Waals surface area contributed by atoms with Crippen LogP contribution in [0, 0.1) is 17.8 Å². The molecule has 7 rings (SSSR count). The summed E-state index contributed by atoms with van der Waals surface area (Å²) in [7, 11) is 0. The van der Waals surface area contributed by atoms with Crippen LogP contribution in [0.5, 0.6) is 0 Å². The molecule has 38 heavy (non-hydrogen) atoms. The highest BCUT2D eigenvalue weighted by Gasteiger charge is 2.59. The zero-order valence-corrected chi connectivity index (χ0v) is 21.5. The molecule has 4 aliphatic rings. The van der Waals surface area contributed by atoms with Crippen LogP contribution < -0.4 is 5.32 Å². The summed E-state index contributed by atoms with van der Waals surface area (Å²) in [4.78, 5) is 32.7. The fourth-order valence-electron chi connectivity index (χ4n) is 7.40. The van der Waals surface area contributed by atoms with Gasteiger partial charge in [0.1, 0.15) is 0 Å². The Labute approximate surface area is 223 Å². The van der Waals surface area contributed by atoms with Gasteiger partial charge in [-0.2, -0.15) is 0 Å². The zero-order chi connectivity index (χ0) is 25.7. The Kier molecular flexibility index (Phi) is 5.81. The third-order valence-corrected chi connectivity index (χ3v) is 9.45. The van der Waals surface area contributed by atoms with E-state index in [1.807, 2.05) is 42.6 Å². The van der Waals surface area contributed by atoms with E-state index >= 15 is 0 Å². The number of hydrogen-bond donors (Lipinski definition) is 1. The van der Waals surface area contributed by atoms with E-state index in [0.29, 0.717) is 24.2 Å². The van der Waals surface area contributed by atoms with Crippen molar-refractivity contribution in [1.29, 1.82) is 0 Å². The van der Waals surface area contributed by atoms with E-state index in [-0.39, 0.29) is 23.2 Å². The molecule has 2 aromatic carbocycles. The van der Waals surface area contributed by atoms with Crippen LogP contribution in [-0.4, -0.2) is 48.0 Å². The summed E-state index contributed by atoms with van der Waals surface area (Å²) >= 11 is 0. The molecular weight excluding hydrogens is 474 g/mol. The maximum absolute atomic E-state index is 13.2. The summed E-state index contributed by atoms with van der Waals surface area (Å²) in [5, 5.41) is 3.14. The van der Waals surface area contributed by atoms with E-state index in [1.165, 1.54) is 11.1 Å². The third-order valence-electron chi connectivity index (χ3n) is 9.45. The average Bonchev–Trinajstić information content (AvgIpc) is 3.27. The molecule has 1 spiro atoms. The second-order valence-electron chi connectivity index (χ2n) is 11.6. The van der Waals surface area contributed by atoms with Gasteiger partial charge in [-0.25, -0.2) is 0 Å². The van der Waals surface area contributed by atoms with Crippen molar-refractivity contribution in [2.75, 3.05) is 31.6 Å². The molecule has 0 bridgehead atoms. The first-order valence-electron chi connectivity index (χ1n) is 13.9. The lowest BCUT2D eigenvalue weighted by Gasteiger charge is -2.40. The fraction of sp³-hybridized carbons (Fsp3) is 0.406. The van der Waals surface area contributed by atoms with Gasteiger partial charge in [-0.3, -0.25) is 14.6 Å². The number of hydrogen-bond acceptors (Lipinski definition) is 4. The number of fused-ring (bicyclic) bond motifs is 3. The number of likely N-dealkylation sites (tertiary alicyclic amines) is 1. The van der Waals surface area contributed by atoms with Crippen LogP contribution in [0.25, 0.3) is 11.1 Å². The van der Waals surface area contributed by atoms with Crippen LogP contribution >= 0.6 is 0 Å². The number of anilines is 1. The van der Waals surface area contributed by atoms with E-state index in [4.69, 9.17) is 4.74 Å². The first kappa shape index (κ1) is 23.6. The van der Waals surface area contributed by atoms with Gasteiger partial charge >= 0.3 is 0 Å². The van der Waals surface area contributed by atoms with Crippen LogP contribution in [-0.2, 0) is 19.7 Å². The van der Waals surface area contributed by atoms with Crippen molar-refractivity contribution in [3.8, 4) is 11.1 Å². The van der Waals surface area contributed by atoms with Crippen molar-refractivity contribution in [3.63, 3.8) is 0 Å². The summed E-state index contributed by atoms with van der Waals surface area (Å²) < 4.78 is 5.49. The molecule has 1 saturated carbocycles. The molecule has 194 valence electrons. The van der Waals surface area contributed by atoms with Crippen molar-refractivity contribution >= 4 is 17.5 Å². The van der Waals surface area contributed by atoms with Crippen molar-refractivity contribution < 1.29 is 14.3 Å². The Morgan fingerprint density at radius 1 is 0.974 bits per heavy atom. The van der Waals surface area contributed by atoms with E-state index < -0.39 is 0 Å². The minimum Gasteiger partial charge on any atom is -0.381 e. The summed E-state index contributed by atoms with van der Waals surface area (Å²) in [5.41, 5.74) is 5.61. The van der Waals surface area contributed by atoms with Gasteiger partial charge in [0.2, 0.25) is 11.8 Å². The molecule has 1 aromatic heterocycles. The number of carbonyl (C=O) groups is 2. The fourth-order valence-corrected chi connectivity index (χ4v) is 7.40. The number of ether oxygens (including phenoxy) is 1. The van der Waals surface area contributed by atoms with Gasteiger partial charge in [0.25, 0.3) is 0 Å². The predicted octanol–water partition coefficient (Wildman–Crippen LogP) is 5.02. The number of benzene rings is 2. The highest BCUT2D eigenvalue weighted by atomic mass is 16.5. The summed E-state index contributed by atoms with van der Waals surface area (Å²) in [6.45, 7) is 3.13. The van der Waals surface area contributed by atoms with Gasteiger partial charge in [0.15, 0.2) is 0 Å². The van der Waals surface area contributed by atoms with Crippen LogP contribution in [0.1, 0.15) is 42.7 Å². The minimum absolute atomic E-state index is 0.0419. The highest BCUT2D eigenvalue weighted by molar-refractivity contribution is 5.92. The standard InChI is InChI=1S/C32H33N3O3/c36-29(34-24-7-3-5-21(15-24)22-6-4-12-33-18-22)16-23-17-32(28-9-2-1-8-25(23)28)10-13-35(14-11-32)31(37)30-26-19-38-20-27(26)30/h1-9,12,15,18,23,26-27,30H,10-11,13-14,16-17,19-20H2,(H,34,36)/t23?,26-,27+,30?. The van der Waals surface area contributed by atoms with Crippen molar-refractivity contribution in [3.05, 3.63) is 84.2 Å². The molecule has 3 fully saturated rings. The van der Waals surface area contributed by atoms with Crippen molar-refractivity contribution in [1.82, 2.24) is 9.88 Å². The number of amides is 2. The van der Waals surface area contributed by atoms with Crippen molar-refractivity contribution in [2.24, 2.45) is 17.8 Å². The molecule has 2 amide bonds. The van der Waals surface area contributed by atoms with Gasteiger partial charge in [-0.1, -0.05) is 42.5 Å². The number of nitrogens with one attached hydrogen (secondary N) is 1. The molecule has 2 aliphatic heterocycles. The van der Waals surface area contributed by atoms with Gasteiger partial charge in [0.05, 0.1) is 13.2 Å². The maximum Gasteiger partial charge on any atom is 0.226 e. The van der Waals surface area contributed by atoms with E-state index in [9.17, 15) is 9.59 Å². The van der Waals surface area contributed by atoms with Gasteiger partial charge in [0, 0.05) is 49.1 Å². The molecule has 2 aliphatic carbocycles. The number of pyridine rings is 1. The predicted molar refractivity (Wildman–Crippen MR) is 146 cm³/mol. The number of piperidine rings is 1. The number of nitrogens with zero attached hydrogens (tertiary/aromatic N) is 2. The first-order chi connectivity index (χ1) is 18.6. The van der Waals surface area contributed by atoms with Gasteiger partial charge in [-0.15, -0.1) is 0 Å². The lowest BCUT2D eigenvalue weighted by atomic mass is 9.73. The Morgan fingerprint density at radius 3 is 2.55 bits per heavy atom. The minimum atomic E-state index is 0.0419. The summed E-state index contributed by atoms with van der Waals surface area (Å²) in [6.07, 6.45) is 6.97. The summed E-state index contributed by atoms with van der Waals surface area (Å²) in [6, 6.07) is 20.5. The third kappa shape index (κ3) is 4.11. The molecule has 0 radical (unpaired) electrons. The molecule has 3 heterocycles. The Morgan fingerprint density at radius 2 is 1.76 bits per heavy atom. The second kappa shape index (κ2) is 9.35. The van der Waals surface area contributed by atoms with Crippen molar-refractivity contribution in [2.45, 2.75) is 37.0 Å². The first-order valence-corrected chi connectivity index (χ1v) is 13.9.